The Morgan fingerprint density at radius 1 is 0.683 bits per heavy atom. The first-order chi connectivity index (χ1) is 20.3. The summed E-state index contributed by atoms with van der Waals surface area (Å²) < 4.78 is 2.31. The van der Waals surface area contributed by atoms with Crippen molar-refractivity contribution in [3.8, 4) is 17.1 Å². The Morgan fingerprint density at radius 3 is 2.24 bits per heavy atom. The van der Waals surface area contributed by atoms with Crippen LogP contribution in [0.2, 0.25) is 0 Å². The van der Waals surface area contributed by atoms with Crippen molar-refractivity contribution in [2.75, 3.05) is 0 Å². The molecule has 1 spiro atoms. The van der Waals surface area contributed by atoms with Gasteiger partial charge in [0.05, 0.1) is 46.3 Å². The molecule has 0 atom stereocenters. The molecule has 7 aromatic rings. The molecule has 0 radical (unpaired) electrons. The molecular formula is C35H19N5S. The Kier molecular flexibility index (Phi) is 4.48. The average Bonchev–Trinajstić information content (AvgIpc) is 3.52. The molecule has 5 nitrogen and oxygen atoms in total. The van der Waals surface area contributed by atoms with Crippen molar-refractivity contribution in [2.24, 2.45) is 0 Å². The van der Waals surface area contributed by atoms with E-state index >= 15 is 0 Å². The minimum atomic E-state index is -0.547. The van der Waals surface area contributed by atoms with Gasteiger partial charge in [0.2, 0.25) is 0 Å². The average molecular weight is 542 g/mol. The lowest BCUT2D eigenvalue weighted by molar-refractivity contribution is 0.717. The highest BCUT2D eigenvalue weighted by Crippen LogP contribution is 2.62. The van der Waals surface area contributed by atoms with Crippen molar-refractivity contribution in [1.82, 2.24) is 19.5 Å². The zero-order valence-electron chi connectivity index (χ0n) is 21.6. The number of fused-ring (bicyclic) bond motifs is 12. The monoisotopic (exact) mass is 541 g/mol. The Morgan fingerprint density at radius 2 is 1.44 bits per heavy atom. The molecule has 0 unspecified atom stereocenters. The number of nitrogens with zero attached hydrogens (tertiary/aromatic N) is 5. The molecule has 1 aliphatic carbocycles. The van der Waals surface area contributed by atoms with E-state index < -0.39 is 5.41 Å². The van der Waals surface area contributed by atoms with Crippen LogP contribution < -0.4 is 0 Å². The molecule has 2 aliphatic rings. The minimum absolute atomic E-state index is 0.547. The second-order valence-electron chi connectivity index (χ2n) is 10.3. The lowest BCUT2D eigenvalue weighted by atomic mass is 9.67. The van der Waals surface area contributed by atoms with Crippen LogP contribution in [0.1, 0.15) is 22.3 Å². The summed E-state index contributed by atoms with van der Waals surface area (Å²) in [6.07, 6.45) is 7.47. The summed E-state index contributed by atoms with van der Waals surface area (Å²) in [5.74, 6) is 0. The van der Waals surface area contributed by atoms with Crippen LogP contribution in [0.3, 0.4) is 0 Å². The molecule has 0 N–H and O–H groups in total. The molecule has 4 aromatic heterocycles. The summed E-state index contributed by atoms with van der Waals surface area (Å²) in [5, 5.41) is 2.13. The van der Waals surface area contributed by atoms with Crippen LogP contribution >= 0.6 is 11.8 Å². The summed E-state index contributed by atoms with van der Waals surface area (Å²) >= 11 is 1.81. The first-order valence-corrected chi connectivity index (χ1v) is 14.2. The van der Waals surface area contributed by atoms with E-state index in [0.717, 1.165) is 50.0 Å². The largest absolute Gasteiger partial charge is 0.307 e. The maximum absolute atomic E-state index is 7.60. The number of aromatic nitrogens is 4. The van der Waals surface area contributed by atoms with Gasteiger partial charge < -0.3 is 4.57 Å². The topological polar surface area (TPSA) is 48.0 Å². The number of rotatable bonds is 1. The molecule has 190 valence electrons. The smallest absolute Gasteiger partial charge is 0.188 e. The van der Waals surface area contributed by atoms with Crippen molar-refractivity contribution < 1.29 is 0 Å². The Labute approximate surface area is 240 Å². The normalized spacial score (nSPS) is 13.9. The van der Waals surface area contributed by atoms with Crippen LogP contribution in [0.25, 0.3) is 43.7 Å². The van der Waals surface area contributed by atoms with E-state index in [4.69, 9.17) is 16.5 Å². The zero-order valence-corrected chi connectivity index (χ0v) is 22.4. The molecule has 0 amide bonds. The maximum atomic E-state index is 7.60. The van der Waals surface area contributed by atoms with Gasteiger partial charge in [-0.05, 0) is 70.1 Å². The quantitative estimate of drug-likeness (QED) is 0.196. The van der Waals surface area contributed by atoms with Crippen molar-refractivity contribution in [3.63, 3.8) is 0 Å². The highest BCUT2D eigenvalue weighted by atomic mass is 32.2. The fourth-order valence-electron chi connectivity index (χ4n) is 6.93. The van der Waals surface area contributed by atoms with Crippen LogP contribution in [0.5, 0.6) is 0 Å². The summed E-state index contributed by atoms with van der Waals surface area (Å²) in [4.78, 5) is 20.3. The number of pyridine rings is 3. The summed E-state index contributed by atoms with van der Waals surface area (Å²) in [5.41, 5.74) is 9.91. The van der Waals surface area contributed by atoms with Gasteiger partial charge in [0, 0.05) is 33.8 Å². The fraction of sp³-hybridized carbons (Fsp3) is 0.0286. The first kappa shape index (κ1) is 22.6. The lowest BCUT2D eigenvalue weighted by Gasteiger charge is -2.39. The molecular weight excluding hydrogens is 522 g/mol. The molecule has 3 aromatic carbocycles. The van der Waals surface area contributed by atoms with E-state index in [2.05, 4.69) is 75.1 Å². The zero-order chi connectivity index (χ0) is 27.1. The number of hydrogen-bond donors (Lipinski definition) is 0. The molecule has 41 heavy (non-hydrogen) atoms. The molecule has 0 fully saturated rings. The van der Waals surface area contributed by atoms with Gasteiger partial charge in [0.25, 0.3) is 0 Å². The van der Waals surface area contributed by atoms with E-state index in [1.807, 2.05) is 66.9 Å². The van der Waals surface area contributed by atoms with E-state index in [0.29, 0.717) is 5.69 Å². The molecule has 5 heterocycles. The fourth-order valence-corrected chi connectivity index (χ4v) is 8.22. The van der Waals surface area contributed by atoms with Crippen molar-refractivity contribution in [2.45, 2.75) is 15.2 Å². The van der Waals surface area contributed by atoms with Gasteiger partial charge in [0.1, 0.15) is 0 Å². The van der Waals surface area contributed by atoms with Crippen LogP contribution in [0.4, 0.5) is 5.69 Å². The third kappa shape index (κ3) is 2.78. The standard InChI is InChI=1S/C35H19N5S/c1-36-21-13-14-28-23(19-21)22-15-18-37-20-30(22)40(28)29-11-4-8-27-34(29)41-31-12-3-2-7-24(31)35(27)25-9-5-16-38-32(25)33-26(35)10-6-17-39-33/h2-20H. The molecule has 6 heteroatoms. The number of benzene rings is 3. The van der Waals surface area contributed by atoms with Crippen LogP contribution in [0, 0.1) is 6.57 Å². The van der Waals surface area contributed by atoms with Gasteiger partial charge >= 0.3 is 0 Å². The molecule has 0 bridgehead atoms. The molecule has 9 rings (SSSR count). The van der Waals surface area contributed by atoms with E-state index in [9.17, 15) is 0 Å². The first-order valence-electron chi connectivity index (χ1n) is 13.4. The van der Waals surface area contributed by atoms with E-state index in [1.54, 1.807) is 0 Å². The second kappa shape index (κ2) is 8.14. The third-order valence-corrected chi connectivity index (χ3v) is 9.68. The molecule has 0 saturated carbocycles. The van der Waals surface area contributed by atoms with Gasteiger partial charge in [-0.15, -0.1) is 0 Å². The van der Waals surface area contributed by atoms with Gasteiger partial charge in [-0.2, -0.15) is 0 Å². The SMILES string of the molecule is [C-]#[N+]c1ccc2c(c1)c1ccncc1n2-c1cccc2c1Sc1ccccc1C21c2cccnc2-c2ncccc21. The van der Waals surface area contributed by atoms with Crippen LogP contribution in [-0.4, -0.2) is 19.5 Å². The summed E-state index contributed by atoms with van der Waals surface area (Å²) in [6.45, 7) is 7.60. The Hall–Kier alpha value is -5.25. The van der Waals surface area contributed by atoms with Crippen molar-refractivity contribution >= 4 is 39.3 Å². The number of hydrogen-bond acceptors (Lipinski definition) is 4. The van der Waals surface area contributed by atoms with E-state index in [1.165, 1.54) is 20.9 Å². The second-order valence-corrected chi connectivity index (χ2v) is 11.4. The predicted molar refractivity (Wildman–Crippen MR) is 162 cm³/mol. The summed E-state index contributed by atoms with van der Waals surface area (Å²) in [6, 6.07) is 31.9. The van der Waals surface area contributed by atoms with Gasteiger partial charge in [-0.25, -0.2) is 4.85 Å². The lowest BCUT2D eigenvalue weighted by Crippen LogP contribution is -2.32. The molecule has 0 saturated heterocycles. The highest BCUT2D eigenvalue weighted by molar-refractivity contribution is 7.99. The van der Waals surface area contributed by atoms with Crippen LogP contribution in [-0.2, 0) is 5.41 Å². The minimum Gasteiger partial charge on any atom is -0.307 e. The van der Waals surface area contributed by atoms with Gasteiger partial charge in [-0.3, -0.25) is 15.0 Å². The highest BCUT2D eigenvalue weighted by Gasteiger charge is 2.51. The van der Waals surface area contributed by atoms with Crippen molar-refractivity contribution in [3.05, 3.63) is 149 Å². The van der Waals surface area contributed by atoms with Gasteiger partial charge in [0.15, 0.2) is 5.69 Å². The summed E-state index contributed by atoms with van der Waals surface area (Å²) in [7, 11) is 0. The van der Waals surface area contributed by atoms with Crippen molar-refractivity contribution in [1.29, 1.82) is 0 Å². The van der Waals surface area contributed by atoms with Gasteiger partial charge in [-0.1, -0.05) is 60.3 Å². The maximum Gasteiger partial charge on any atom is 0.188 e. The Bertz CT molecular complexity index is 2230. The van der Waals surface area contributed by atoms with E-state index in [-0.39, 0.29) is 0 Å². The van der Waals surface area contributed by atoms with Crippen LogP contribution in [0.15, 0.2) is 126 Å². The molecule has 1 aliphatic heterocycles. The third-order valence-electron chi connectivity index (χ3n) is 8.47. The predicted octanol–water partition coefficient (Wildman–Crippen LogP) is 8.35. The Balaban J connectivity index is 1.44.